The Morgan fingerprint density at radius 2 is 1.79 bits per heavy atom. The lowest BCUT2D eigenvalue weighted by atomic mass is 10.3. The maximum Gasteiger partial charge on any atom is 0.188 e. The number of thiazole rings is 1. The van der Waals surface area contributed by atoms with Gasteiger partial charge < -0.3 is 16.4 Å². The van der Waals surface area contributed by atoms with Crippen LogP contribution in [0.3, 0.4) is 0 Å². The first-order valence-corrected chi connectivity index (χ1v) is 8.55. The Morgan fingerprint density at radius 3 is 2.46 bits per heavy atom. The fourth-order valence-corrected chi connectivity index (χ4v) is 3.11. The van der Waals surface area contributed by atoms with E-state index in [0.717, 1.165) is 15.7 Å². The number of hydrogen-bond donors (Lipinski definition) is 3. The monoisotopic (exact) mass is 380 g/mol. The van der Waals surface area contributed by atoms with E-state index >= 15 is 0 Å². The van der Waals surface area contributed by atoms with Crippen molar-refractivity contribution >= 4 is 62.7 Å². The third-order valence-electron chi connectivity index (χ3n) is 3.34. The van der Waals surface area contributed by atoms with Crippen LogP contribution in [0.5, 0.6) is 0 Å². The Balaban J connectivity index is 1.89. The second kappa shape index (κ2) is 6.80. The normalized spacial score (nSPS) is 10.7. The van der Waals surface area contributed by atoms with Gasteiger partial charge >= 0.3 is 0 Å². The second-order valence-corrected chi connectivity index (χ2v) is 6.98. The van der Waals surface area contributed by atoms with Crippen molar-refractivity contribution in [1.29, 1.82) is 0 Å². The highest BCUT2D eigenvalue weighted by Crippen LogP contribution is 2.34. The Kier molecular flexibility index (Phi) is 4.75. The summed E-state index contributed by atoms with van der Waals surface area (Å²) in [6.45, 7) is 3.96. The summed E-state index contributed by atoms with van der Waals surface area (Å²) in [5.74, 6) is 0.904. The highest BCUT2D eigenvalue weighted by atomic mass is 35.5. The van der Waals surface area contributed by atoms with Gasteiger partial charge in [-0.1, -0.05) is 29.3 Å². The van der Waals surface area contributed by atoms with Crippen molar-refractivity contribution in [2.24, 2.45) is 0 Å². The number of anilines is 5. The molecule has 0 spiro atoms. The molecule has 4 N–H and O–H groups in total. The maximum atomic E-state index is 6.18. The Bertz CT molecular complexity index is 876. The van der Waals surface area contributed by atoms with Gasteiger partial charge in [0, 0.05) is 4.88 Å². The minimum absolute atomic E-state index is 0.360. The van der Waals surface area contributed by atoms with E-state index in [2.05, 4.69) is 25.6 Å². The Morgan fingerprint density at radius 1 is 1.08 bits per heavy atom. The molecule has 1 aromatic carbocycles. The van der Waals surface area contributed by atoms with Gasteiger partial charge in [-0.15, -0.1) is 11.3 Å². The van der Waals surface area contributed by atoms with E-state index in [9.17, 15) is 0 Å². The van der Waals surface area contributed by atoms with Crippen molar-refractivity contribution in [1.82, 2.24) is 15.0 Å². The molecular formula is C15H14Cl2N6S. The molecule has 0 aliphatic heterocycles. The number of nitrogens with zero attached hydrogens (tertiary/aromatic N) is 3. The van der Waals surface area contributed by atoms with Crippen molar-refractivity contribution in [3.63, 3.8) is 0 Å². The molecule has 0 bridgehead atoms. The molecular weight excluding hydrogens is 367 g/mol. The molecule has 2 heterocycles. The second-order valence-electron chi connectivity index (χ2n) is 5.00. The number of halogens is 2. The molecule has 0 atom stereocenters. The zero-order valence-electron chi connectivity index (χ0n) is 12.9. The van der Waals surface area contributed by atoms with Crippen molar-refractivity contribution in [2.45, 2.75) is 13.8 Å². The molecule has 0 unspecified atom stereocenters. The minimum atomic E-state index is 0.360. The predicted molar refractivity (Wildman–Crippen MR) is 101 cm³/mol. The summed E-state index contributed by atoms with van der Waals surface area (Å²) in [5.41, 5.74) is 8.11. The number of rotatable bonds is 4. The van der Waals surface area contributed by atoms with Gasteiger partial charge in [-0.3, -0.25) is 0 Å². The summed E-state index contributed by atoms with van der Waals surface area (Å²) in [7, 11) is 0. The topological polar surface area (TPSA) is 88.8 Å². The maximum absolute atomic E-state index is 6.18. The van der Waals surface area contributed by atoms with E-state index in [1.807, 2.05) is 13.8 Å². The van der Waals surface area contributed by atoms with Crippen LogP contribution in [0.15, 0.2) is 24.5 Å². The molecule has 24 heavy (non-hydrogen) atoms. The number of aromatic nitrogens is 3. The summed E-state index contributed by atoms with van der Waals surface area (Å²) in [4.78, 5) is 13.9. The summed E-state index contributed by atoms with van der Waals surface area (Å²) in [6.07, 6.45) is 1.41. The molecule has 0 aliphatic carbocycles. The van der Waals surface area contributed by atoms with Crippen LogP contribution in [0.4, 0.5) is 28.1 Å². The number of nitrogen functional groups attached to an aromatic ring is 1. The molecule has 9 heteroatoms. The van der Waals surface area contributed by atoms with Crippen molar-refractivity contribution in [3.05, 3.63) is 45.1 Å². The molecule has 2 aromatic heterocycles. The third-order valence-corrected chi connectivity index (χ3v) is 5.15. The fraction of sp³-hybridized carbons (Fsp3) is 0.133. The highest BCUT2D eigenvalue weighted by Gasteiger charge is 2.13. The van der Waals surface area contributed by atoms with Crippen LogP contribution >= 0.6 is 34.5 Å². The lowest BCUT2D eigenvalue weighted by Gasteiger charge is -2.12. The number of nitrogens with two attached hydrogens (primary N) is 1. The van der Waals surface area contributed by atoms with Crippen molar-refractivity contribution in [3.8, 4) is 0 Å². The predicted octanol–water partition coefficient (Wildman–Crippen LogP) is 4.93. The lowest BCUT2D eigenvalue weighted by Crippen LogP contribution is -2.05. The largest absolute Gasteiger partial charge is 0.393 e. The summed E-state index contributed by atoms with van der Waals surface area (Å²) >= 11 is 13.7. The first-order chi connectivity index (χ1) is 11.5. The number of benzene rings is 1. The van der Waals surface area contributed by atoms with Gasteiger partial charge in [-0.2, -0.15) is 0 Å². The zero-order valence-corrected chi connectivity index (χ0v) is 15.2. The van der Waals surface area contributed by atoms with E-state index < -0.39 is 0 Å². The molecule has 0 amide bonds. The first kappa shape index (κ1) is 16.8. The molecule has 0 radical (unpaired) electrons. The van der Waals surface area contributed by atoms with Crippen LogP contribution in [0.2, 0.25) is 10.0 Å². The number of hydrogen-bond acceptors (Lipinski definition) is 7. The first-order valence-electron chi connectivity index (χ1n) is 6.98. The smallest absolute Gasteiger partial charge is 0.188 e. The van der Waals surface area contributed by atoms with Crippen LogP contribution < -0.4 is 16.4 Å². The molecule has 124 valence electrons. The minimum Gasteiger partial charge on any atom is -0.393 e. The quantitative estimate of drug-likeness (QED) is 0.594. The van der Waals surface area contributed by atoms with Gasteiger partial charge in [0.05, 0.1) is 21.4 Å². The Hall–Kier alpha value is -2.09. The van der Waals surface area contributed by atoms with E-state index in [1.165, 1.54) is 17.7 Å². The molecule has 0 saturated carbocycles. The van der Waals surface area contributed by atoms with Gasteiger partial charge in [0.1, 0.15) is 12.0 Å². The molecule has 3 rings (SSSR count). The van der Waals surface area contributed by atoms with Gasteiger partial charge in [-0.05, 0) is 26.0 Å². The molecule has 6 nitrogen and oxygen atoms in total. The standard InChI is InChI=1S/C15H14Cl2N6S/c1-7-8(2)24-15(21-7)23-14-12(18)13(19-6-20-14)22-10-5-3-4-9(16)11(10)17/h3-6H,18H2,1-2H3,(H2,19,20,21,22,23). The average Bonchev–Trinajstić information content (AvgIpc) is 2.86. The molecule has 0 fully saturated rings. The van der Waals surface area contributed by atoms with Crippen molar-refractivity contribution in [2.75, 3.05) is 16.4 Å². The van der Waals surface area contributed by atoms with Gasteiger partial charge in [0.25, 0.3) is 0 Å². The van der Waals surface area contributed by atoms with E-state index in [0.29, 0.717) is 33.1 Å². The van der Waals surface area contributed by atoms with E-state index in [1.54, 1.807) is 18.2 Å². The van der Waals surface area contributed by atoms with E-state index in [4.69, 9.17) is 28.9 Å². The van der Waals surface area contributed by atoms with Gasteiger partial charge in [-0.25, -0.2) is 15.0 Å². The third kappa shape index (κ3) is 3.38. The Labute approximate surface area is 153 Å². The average molecular weight is 381 g/mol. The summed E-state index contributed by atoms with van der Waals surface area (Å²) < 4.78 is 0. The zero-order chi connectivity index (χ0) is 17.3. The number of nitrogens with one attached hydrogen (secondary N) is 2. The van der Waals surface area contributed by atoms with E-state index in [-0.39, 0.29) is 0 Å². The van der Waals surface area contributed by atoms with Crippen LogP contribution in [0.25, 0.3) is 0 Å². The SMILES string of the molecule is Cc1nc(Nc2ncnc(Nc3cccc(Cl)c3Cl)c2N)sc1C. The van der Waals surface area contributed by atoms with Gasteiger partial charge in [0.2, 0.25) is 0 Å². The molecule has 3 aromatic rings. The highest BCUT2D eigenvalue weighted by molar-refractivity contribution is 7.15. The van der Waals surface area contributed by atoms with Crippen LogP contribution in [-0.2, 0) is 0 Å². The van der Waals surface area contributed by atoms with Crippen LogP contribution in [0.1, 0.15) is 10.6 Å². The number of aryl methyl sites for hydroxylation is 2. The fourth-order valence-electron chi connectivity index (χ4n) is 1.95. The van der Waals surface area contributed by atoms with Crippen LogP contribution in [-0.4, -0.2) is 15.0 Å². The summed E-state index contributed by atoms with van der Waals surface area (Å²) in [5, 5.41) is 7.76. The van der Waals surface area contributed by atoms with Gasteiger partial charge in [0.15, 0.2) is 16.8 Å². The summed E-state index contributed by atoms with van der Waals surface area (Å²) in [6, 6.07) is 5.28. The van der Waals surface area contributed by atoms with Crippen molar-refractivity contribution < 1.29 is 0 Å². The lowest BCUT2D eigenvalue weighted by molar-refractivity contribution is 1.16. The molecule has 0 aliphatic rings. The molecule has 0 saturated heterocycles. The van der Waals surface area contributed by atoms with Crippen LogP contribution in [0, 0.1) is 13.8 Å².